The lowest BCUT2D eigenvalue weighted by atomic mass is 9.79. The molecule has 0 radical (unpaired) electrons. The molecule has 0 saturated heterocycles. The normalized spacial score (nSPS) is 22.8. The van der Waals surface area contributed by atoms with Crippen LogP contribution in [-0.4, -0.2) is 25.6 Å². The molecule has 1 aliphatic rings. The van der Waals surface area contributed by atoms with Gasteiger partial charge in [0.05, 0.1) is 12.7 Å². The molecule has 2 rings (SSSR count). The third-order valence-electron chi connectivity index (χ3n) is 6.74. The molecule has 3 nitrogen and oxygen atoms in total. The van der Waals surface area contributed by atoms with Crippen LogP contribution in [0.25, 0.3) is 0 Å². The van der Waals surface area contributed by atoms with Crippen LogP contribution in [0.5, 0.6) is 5.75 Å². The van der Waals surface area contributed by atoms with E-state index in [9.17, 15) is 0 Å². The quantitative estimate of drug-likeness (QED) is 0.254. The lowest BCUT2D eigenvalue weighted by molar-refractivity contribution is -0.171. The monoisotopic (exact) mass is 404 g/mol. The fraction of sp³-hybridized carbons (Fsp3) is 0.769. The van der Waals surface area contributed by atoms with Gasteiger partial charge in [-0.3, -0.25) is 0 Å². The predicted octanol–water partition coefficient (Wildman–Crippen LogP) is 7.34. The van der Waals surface area contributed by atoms with Gasteiger partial charge in [0.15, 0.2) is 6.29 Å². The molecule has 0 spiro atoms. The molecule has 3 unspecified atom stereocenters. The summed E-state index contributed by atoms with van der Waals surface area (Å²) >= 11 is 0. The van der Waals surface area contributed by atoms with E-state index in [0.29, 0.717) is 25.2 Å². The van der Waals surface area contributed by atoms with Crippen LogP contribution in [0.1, 0.15) is 97.5 Å². The first kappa shape index (κ1) is 24.2. The minimum atomic E-state index is -0.162. The second-order valence-electron chi connectivity index (χ2n) is 8.81. The zero-order chi connectivity index (χ0) is 21.1. The van der Waals surface area contributed by atoms with E-state index in [1.165, 1.54) is 56.9 Å². The fourth-order valence-electron chi connectivity index (χ4n) is 4.60. The van der Waals surface area contributed by atoms with Crippen molar-refractivity contribution in [3.05, 3.63) is 29.8 Å². The second kappa shape index (κ2) is 13.3. The lowest BCUT2D eigenvalue weighted by Gasteiger charge is -2.33. The molecule has 0 N–H and O–H groups in total. The molecule has 0 aliphatic heterocycles. The molecule has 1 aromatic rings. The fourth-order valence-corrected chi connectivity index (χ4v) is 4.60. The smallest absolute Gasteiger partial charge is 0.155 e. The summed E-state index contributed by atoms with van der Waals surface area (Å²) in [4.78, 5) is 0. The number of hydrogen-bond acceptors (Lipinski definition) is 3. The maximum absolute atomic E-state index is 6.10. The summed E-state index contributed by atoms with van der Waals surface area (Å²) in [6.07, 6.45) is 10.1. The Labute approximate surface area is 179 Å². The third-order valence-corrected chi connectivity index (χ3v) is 6.74. The summed E-state index contributed by atoms with van der Waals surface area (Å²) in [5.41, 5.74) is 1.42. The SMILES string of the molecule is CCCC(CC)c1ccc(OCCOC(C)OC2CCC(C(C)CC)CC2)cc1. The van der Waals surface area contributed by atoms with Crippen LogP contribution in [0, 0.1) is 11.8 Å². The molecule has 0 bridgehead atoms. The molecule has 3 atom stereocenters. The Morgan fingerprint density at radius 3 is 2.17 bits per heavy atom. The summed E-state index contributed by atoms with van der Waals surface area (Å²) in [5, 5.41) is 0. The average Bonchev–Trinajstić information content (AvgIpc) is 2.75. The highest BCUT2D eigenvalue weighted by atomic mass is 16.7. The van der Waals surface area contributed by atoms with Gasteiger partial charge in [-0.15, -0.1) is 0 Å². The van der Waals surface area contributed by atoms with E-state index in [-0.39, 0.29) is 6.29 Å². The maximum atomic E-state index is 6.10. The lowest BCUT2D eigenvalue weighted by Crippen LogP contribution is -2.29. The first-order valence-corrected chi connectivity index (χ1v) is 12.1. The topological polar surface area (TPSA) is 27.7 Å². The Morgan fingerprint density at radius 1 is 0.897 bits per heavy atom. The van der Waals surface area contributed by atoms with Crippen molar-refractivity contribution in [3.8, 4) is 5.75 Å². The zero-order valence-corrected chi connectivity index (χ0v) is 19.5. The van der Waals surface area contributed by atoms with Crippen molar-refractivity contribution in [2.75, 3.05) is 13.2 Å². The van der Waals surface area contributed by atoms with Crippen molar-refractivity contribution in [2.24, 2.45) is 11.8 Å². The highest BCUT2D eigenvalue weighted by Crippen LogP contribution is 2.33. The standard InChI is InChI=1S/C26H44O3/c1-6-9-22(8-3)24-12-14-25(15-13-24)28-19-18-27-21(5)29-26-16-10-23(11-17-26)20(4)7-2/h12-15,20-23,26H,6-11,16-19H2,1-5H3. The first-order chi connectivity index (χ1) is 14.1. The molecular weight excluding hydrogens is 360 g/mol. The molecule has 3 heteroatoms. The van der Waals surface area contributed by atoms with E-state index >= 15 is 0 Å². The van der Waals surface area contributed by atoms with Crippen LogP contribution >= 0.6 is 0 Å². The van der Waals surface area contributed by atoms with Crippen molar-refractivity contribution in [3.63, 3.8) is 0 Å². The van der Waals surface area contributed by atoms with E-state index < -0.39 is 0 Å². The molecule has 1 aromatic carbocycles. The maximum Gasteiger partial charge on any atom is 0.155 e. The van der Waals surface area contributed by atoms with E-state index in [1.54, 1.807) is 0 Å². The van der Waals surface area contributed by atoms with Gasteiger partial charge in [-0.25, -0.2) is 0 Å². The van der Waals surface area contributed by atoms with Crippen LogP contribution in [-0.2, 0) is 9.47 Å². The molecule has 1 saturated carbocycles. The van der Waals surface area contributed by atoms with Crippen molar-refractivity contribution in [1.29, 1.82) is 0 Å². The Kier molecular flexibility index (Phi) is 11.1. The number of hydrogen-bond donors (Lipinski definition) is 0. The Bertz CT molecular complexity index is 533. The van der Waals surface area contributed by atoms with Gasteiger partial charge in [-0.2, -0.15) is 0 Å². The van der Waals surface area contributed by atoms with E-state index in [4.69, 9.17) is 14.2 Å². The number of rotatable bonds is 13. The molecular formula is C26H44O3. The minimum absolute atomic E-state index is 0.162. The molecule has 166 valence electrons. The van der Waals surface area contributed by atoms with E-state index in [2.05, 4.69) is 52.0 Å². The van der Waals surface area contributed by atoms with Gasteiger partial charge in [0.2, 0.25) is 0 Å². The first-order valence-electron chi connectivity index (χ1n) is 12.1. The van der Waals surface area contributed by atoms with Crippen LogP contribution < -0.4 is 4.74 Å². The molecule has 0 heterocycles. The highest BCUT2D eigenvalue weighted by Gasteiger charge is 2.25. The van der Waals surface area contributed by atoms with Gasteiger partial charge in [0, 0.05) is 0 Å². The van der Waals surface area contributed by atoms with Crippen LogP contribution in [0.3, 0.4) is 0 Å². The van der Waals surface area contributed by atoms with Gasteiger partial charge in [0.25, 0.3) is 0 Å². The van der Waals surface area contributed by atoms with Gasteiger partial charge >= 0.3 is 0 Å². The average molecular weight is 405 g/mol. The van der Waals surface area contributed by atoms with Crippen molar-refractivity contribution in [1.82, 2.24) is 0 Å². The van der Waals surface area contributed by atoms with Crippen molar-refractivity contribution >= 4 is 0 Å². The molecule has 0 aromatic heterocycles. The van der Waals surface area contributed by atoms with Crippen molar-refractivity contribution < 1.29 is 14.2 Å². The summed E-state index contributed by atoms with van der Waals surface area (Å²) in [5.74, 6) is 3.30. The van der Waals surface area contributed by atoms with E-state index in [0.717, 1.165) is 17.6 Å². The van der Waals surface area contributed by atoms with Gasteiger partial charge in [0.1, 0.15) is 12.4 Å². The van der Waals surface area contributed by atoms with Crippen LogP contribution in [0.15, 0.2) is 24.3 Å². The molecule has 0 amide bonds. The summed E-state index contributed by atoms with van der Waals surface area (Å²) < 4.78 is 17.8. The second-order valence-corrected chi connectivity index (χ2v) is 8.81. The Hall–Kier alpha value is -1.06. The predicted molar refractivity (Wildman–Crippen MR) is 122 cm³/mol. The molecule has 1 aliphatic carbocycles. The molecule has 1 fully saturated rings. The highest BCUT2D eigenvalue weighted by molar-refractivity contribution is 5.29. The number of benzene rings is 1. The van der Waals surface area contributed by atoms with Crippen molar-refractivity contribution in [2.45, 2.75) is 104 Å². The third kappa shape index (κ3) is 8.30. The summed E-state index contributed by atoms with van der Waals surface area (Å²) in [6.45, 7) is 12.3. The minimum Gasteiger partial charge on any atom is -0.491 e. The Morgan fingerprint density at radius 2 is 1.59 bits per heavy atom. The van der Waals surface area contributed by atoms with Crippen LogP contribution in [0.2, 0.25) is 0 Å². The van der Waals surface area contributed by atoms with Crippen LogP contribution in [0.4, 0.5) is 0 Å². The molecule has 29 heavy (non-hydrogen) atoms. The van der Waals surface area contributed by atoms with Gasteiger partial charge in [-0.1, -0.05) is 52.7 Å². The summed E-state index contributed by atoms with van der Waals surface area (Å²) in [6, 6.07) is 8.59. The zero-order valence-electron chi connectivity index (χ0n) is 19.5. The largest absolute Gasteiger partial charge is 0.491 e. The summed E-state index contributed by atoms with van der Waals surface area (Å²) in [7, 11) is 0. The van der Waals surface area contributed by atoms with Gasteiger partial charge < -0.3 is 14.2 Å². The Balaban J connectivity index is 1.61. The van der Waals surface area contributed by atoms with E-state index in [1.807, 2.05) is 6.92 Å². The number of ether oxygens (including phenoxy) is 3. The van der Waals surface area contributed by atoms with Gasteiger partial charge in [-0.05, 0) is 80.9 Å².